The molecule has 98 valence electrons. The molecule has 1 fully saturated rings. The number of benzene rings is 1. The maximum absolute atomic E-state index is 13.1. The van der Waals surface area contributed by atoms with E-state index < -0.39 is 5.82 Å². The average molecular weight is 250 g/mol. The number of anilines is 1. The molecule has 1 amide bonds. The summed E-state index contributed by atoms with van der Waals surface area (Å²) in [5.41, 5.74) is 6.00. The second-order valence-electron chi connectivity index (χ2n) is 5.09. The van der Waals surface area contributed by atoms with E-state index in [1.165, 1.54) is 18.2 Å². The maximum atomic E-state index is 13.1. The Morgan fingerprint density at radius 1 is 1.44 bits per heavy atom. The number of halogens is 1. The molecule has 2 rings (SSSR count). The Labute approximate surface area is 107 Å². The molecule has 1 aromatic rings. The predicted octanol–water partition coefficient (Wildman–Crippen LogP) is 2.67. The minimum atomic E-state index is -0.480. The molecule has 0 bridgehead atoms. The number of likely N-dealkylation sites (tertiary alicyclic amines) is 1. The van der Waals surface area contributed by atoms with Crippen LogP contribution >= 0.6 is 0 Å². The summed E-state index contributed by atoms with van der Waals surface area (Å²) in [5, 5.41) is 0. The van der Waals surface area contributed by atoms with Crippen LogP contribution in [0.3, 0.4) is 0 Å². The Balaban J connectivity index is 2.22. The molecule has 4 heteroatoms. The van der Waals surface area contributed by atoms with Crippen molar-refractivity contribution in [3.8, 4) is 0 Å². The summed E-state index contributed by atoms with van der Waals surface area (Å²) in [6.07, 6.45) is 2.17. The Morgan fingerprint density at radius 2 is 2.17 bits per heavy atom. The minimum Gasteiger partial charge on any atom is -0.396 e. The van der Waals surface area contributed by atoms with Gasteiger partial charge in [0.05, 0.1) is 5.69 Å². The lowest BCUT2D eigenvalue weighted by molar-refractivity contribution is 0.0551. The molecule has 1 aliphatic rings. The number of carbonyl (C=O) groups is 1. The topological polar surface area (TPSA) is 46.3 Å². The first kappa shape index (κ1) is 12.9. The highest BCUT2D eigenvalue weighted by atomic mass is 19.1. The zero-order chi connectivity index (χ0) is 13.3. The van der Waals surface area contributed by atoms with Crippen molar-refractivity contribution in [2.75, 3.05) is 12.3 Å². The van der Waals surface area contributed by atoms with Gasteiger partial charge >= 0.3 is 0 Å². The zero-order valence-electron chi connectivity index (χ0n) is 10.8. The highest BCUT2D eigenvalue weighted by Gasteiger charge is 2.29. The summed E-state index contributed by atoms with van der Waals surface area (Å²) in [6, 6.07) is 4.39. The first-order valence-electron chi connectivity index (χ1n) is 6.36. The van der Waals surface area contributed by atoms with Crippen LogP contribution in [-0.2, 0) is 0 Å². The predicted molar refractivity (Wildman–Crippen MR) is 69.7 cm³/mol. The van der Waals surface area contributed by atoms with Crippen molar-refractivity contribution in [2.45, 2.75) is 32.7 Å². The molecule has 1 aromatic carbocycles. The summed E-state index contributed by atoms with van der Waals surface area (Å²) < 4.78 is 13.1. The van der Waals surface area contributed by atoms with Crippen molar-refractivity contribution in [3.63, 3.8) is 0 Å². The molecule has 0 aliphatic carbocycles. The average Bonchev–Trinajstić information content (AvgIpc) is 2.35. The standard InChI is InChI=1S/C14H19FN2O/c1-9-4-3-7-17(10(9)2)14(18)11-5-6-12(15)13(16)8-11/h5-6,8-10H,3-4,7,16H2,1-2H3. The second kappa shape index (κ2) is 4.96. The summed E-state index contributed by atoms with van der Waals surface area (Å²) in [4.78, 5) is 14.2. The van der Waals surface area contributed by atoms with Crippen LogP contribution in [-0.4, -0.2) is 23.4 Å². The molecular formula is C14H19FN2O. The van der Waals surface area contributed by atoms with Gasteiger partial charge in [-0.25, -0.2) is 4.39 Å². The Hall–Kier alpha value is -1.58. The monoisotopic (exact) mass is 250 g/mol. The Morgan fingerprint density at radius 3 is 2.83 bits per heavy atom. The van der Waals surface area contributed by atoms with E-state index in [1.807, 2.05) is 4.90 Å². The van der Waals surface area contributed by atoms with Crippen LogP contribution in [0.5, 0.6) is 0 Å². The minimum absolute atomic E-state index is 0.0264. The summed E-state index contributed by atoms with van der Waals surface area (Å²) in [5.74, 6) is -0.0344. The molecule has 2 N–H and O–H groups in total. The summed E-state index contributed by atoms with van der Waals surface area (Å²) in [6.45, 7) is 4.99. The molecule has 0 saturated carbocycles. The summed E-state index contributed by atoms with van der Waals surface area (Å²) in [7, 11) is 0. The van der Waals surface area contributed by atoms with Gasteiger partial charge in [-0.2, -0.15) is 0 Å². The molecule has 0 radical (unpaired) electrons. The third-order valence-electron chi connectivity index (χ3n) is 3.88. The largest absolute Gasteiger partial charge is 0.396 e. The molecule has 0 spiro atoms. The Bertz CT molecular complexity index is 461. The number of hydrogen-bond donors (Lipinski definition) is 1. The second-order valence-corrected chi connectivity index (χ2v) is 5.09. The fraction of sp³-hybridized carbons (Fsp3) is 0.500. The van der Waals surface area contributed by atoms with Crippen molar-refractivity contribution >= 4 is 11.6 Å². The van der Waals surface area contributed by atoms with E-state index in [9.17, 15) is 9.18 Å². The third-order valence-corrected chi connectivity index (χ3v) is 3.88. The number of amides is 1. The molecule has 1 saturated heterocycles. The van der Waals surface area contributed by atoms with Gasteiger partial charge in [0.25, 0.3) is 5.91 Å². The first-order chi connectivity index (χ1) is 8.50. The lowest BCUT2D eigenvalue weighted by Crippen LogP contribution is -2.46. The molecule has 18 heavy (non-hydrogen) atoms. The molecule has 1 heterocycles. The smallest absolute Gasteiger partial charge is 0.254 e. The van der Waals surface area contributed by atoms with E-state index in [0.717, 1.165) is 19.4 Å². The van der Waals surface area contributed by atoms with Crippen LogP contribution < -0.4 is 5.73 Å². The van der Waals surface area contributed by atoms with Gasteiger partial charge in [-0.05, 0) is 43.9 Å². The highest BCUT2D eigenvalue weighted by Crippen LogP contribution is 2.25. The lowest BCUT2D eigenvalue weighted by Gasteiger charge is -2.38. The van der Waals surface area contributed by atoms with Crippen molar-refractivity contribution in [3.05, 3.63) is 29.6 Å². The van der Waals surface area contributed by atoms with Gasteiger partial charge in [-0.1, -0.05) is 6.92 Å². The fourth-order valence-corrected chi connectivity index (χ4v) is 2.46. The van der Waals surface area contributed by atoms with Crippen LogP contribution in [0.1, 0.15) is 37.0 Å². The normalized spacial score (nSPS) is 24.1. The van der Waals surface area contributed by atoms with Crippen molar-refractivity contribution in [2.24, 2.45) is 5.92 Å². The molecule has 2 unspecified atom stereocenters. The van der Waals surface area contributed by atoms with Crippen molar-refractivity contribution < 1.29 is 9.18 Å². The molecule has 1 aliphatic heterocycles. The SMILES string of the molecule is CC1CCCN(C(=O)c2ccc(F)c(N)c2)C1C. The number of nitrogens with two attached hydrogens (primary N) is 1. The van der Waals surface area contributed by atoms with E-state index >= 15 is 0 Å². The van der Waals surface area contributed by atoms with Gasteiger partial charge < -0.3 is 10.6 Å². The number of rotatable bonds is 1. The van der Waals surface area contributed by atoms with E-state index in [0.29, 0.717) is 11.5 Å². The fourth-order valence-electron chi connectivity index (χ4n) is 2.46. The van der Waals surface area contributed by atoms with Crippen LogP contribution in [0.4, 0.5) is 10.1 Å². The number of piperidine rings is 1. The van der Waals surface area contributed by atoms with Crippen LogP contribution in [0.15, 0.2) is 18.2 Å². The van der Waals surface area contributed by atoms with Gasteiger partial charge in [-0.3, -0.25) is 4.79 Å². The van der Waals surface area contributed by atoms with E-state index in [-0.39, 0.29) is 17.6 Å². The van der Waals surface area contributed by atoms with Gasteiger partial charge in [-0.15, -0.1) is 0 Å². The lowest BCUT2D eigenvalue weighted by atomic mass is 9.91. The van der Waals surface area contributed by atoms with Crippen LogP contribution in [0, 0.1) is 11.7 Å². The molecule has 2 atom stereocenters. The van der Waals surface area contributed by atoms with Crippen LogP contribution in [0.2, 0.25) is 0 Å². The zero-order valence-corrected chi connectivity index (χ0v) is 10.8. The molecular weight excluding hydrogens is 231 g/mol. The number of nitrogens with zero attached hydrogens (tertiary/aromatic N) is 1. The number of carbonyl (C=O) groups excluding carboxylic acids is 1. The number of nitrogen functional groups attached to an aromatic ring is 1. The third kappa shape index (κ3) is 2.33. The van der Waals surface area contributed by atoms with E-state index in [2.05, 4.69) is 13.8 Å². The van der Waals surface area contributed by atoms with Crippen molar-refractivity contribution in [1.82, 2.24) is 4.90 Å². The van der Waals surface area contributed by atoms with Gasteiger partial charge in [0.15, 0.2) is 0 Å². The summed E-state index contributed by atoms with van der Waals surface area (Å²) >= 11 is 0. The van der Waals surface area contributed by atoms with Crippen molar-refractivity contribution in [1.29, 1.82) is 0 Å². The van der Waals surface area contributed by atoms with Gasteiger partial charge in [0, 0.05) is 18.2 Å². The first-order valence-corrected chi connectivity index (χ1v) is 6.36. The maximum Gasteiger partial charge on any atom is 0.254 e. The van der Waals surface area contributed by atoms with E-state index in [1.54, 1.807) is 0 Å². The Kier molecular flexibility index (Phi) is 3.55. The number of hydrogen-bond acceptors (Lipinski definition) is 2. The molecule has 0 aromatic heterocycles. The molecule has 3 nitrogen and oxygen atoms in total. The van der Waals surface area contributed by atoms with Gasteiger partial charge in [0.2, 0.25) is 0 Å². The van der Waals surface area contributed by atoms with E-state index in [4.69, 9.17) is 5.73 Å². The van der Waals surface area contributed by atoms with Gasteiger partial charge in [0.1, 0.15) is 5.82 Å². The van der Waals surface area contributed by atoms with Crippen LogP contribution in [0.25, 0.3) is 0 Å². The highest BCUT2D eigenvalue weighted by molar-refractivity contribution is 5.95. The quantitative estimate of drug-likeness (QED) is 0.779.